The summed E-state index contributed by atoms with van der Waals surface area (Å²) in [5, 5.41) is 21.3. The number of anilines is 3. The standard InChI is InChI=1S/C37H22N4S/c38-23-29-9-8-28(22-30(29)24-39)26-12-16-32(17-13-26)41(31-14-10-25(11-15-31)27-18-20-40-21-19-27)35-6-3-5-34-33-4-1-2-7-36(33)42-37(34)35/h1-22H. The largest absolute Gasteiger partial charge is 0.309 e. The van der Waals surface area contributed by atoms with Crippen LogP contribution < -0.4 is 4.90 Å². The lowest BCUT2D eigenvalue weighted by atomic mass is 9.99. The number of rotatable bonds is 5. The zero-order chi connectivity index (χ0) is 28.5. The number of hydrogen-bond donors (Lipinski definition) is 0. The fourth-order valence-corrected chi connectivity index (χ4v) is 6.61. The van der Waals surface area contributed by atoms with Gasteiger partial charge in [0.2, 0.25) is 0 Å². The van der Waals surface area contributed by atoms with Crippen molar-refractivity contribution in [1.82, 2.24) is 4.98 Å². The lowest BCUT2D eigenvalue weighted by Gasteiger charge is -2.26. The second-order valence-corrected chi connectivity index (χ2v) is 11.0. The van der Waals surface area contributed by atoms with E-state index in [2.05, 4.69) is 113 Å². The SMILES string of the molecule is N#Cc1ccc(-c2ccc(N(c3ccc(-c4ccncc4)cc3)c3cccc4c3sc3ccccc34)cc2)cc1C#N. The van der Waals surface area contributed by atoms with Crippen LogP contribution in [0.5, 0.6) is 0 Å². The zero-order valence-corrected chi connectivity index (χ0v) is 23.2. The summed E-state index contributed by atoms with van der Waals surface area (Å²) in [6.07, 6.45) is 3.62. The van der Waals surface area contributed by atoms with Gasteiger partial charge in [-0.1, -0.05) is 60.7 Å². The molecule has 5 aromatic carbocycles. The first-order valence-electron chi connectivity index (χ1n) is 13.5. The number of hydrogen-bond acceptors (Lipinski definition) is 5. The van der Waals surface area contributed by atoms with E-state index in [1.165, 1.54) is 20.2 Å². The molecule has 0 fully saturated rings. The fourth-order valence-electron chi connectivity index (χ4n) is 5.40. The van der Waals surface area contributed by atoms with Gasteiger partial charge in [0.25, 0.3) is 0 Å². The molecule has 2 aromatic heterocycles. The van der Waals surface area contributed by atoms with Gasteiger partial charge in [-0.15, -0.1) is 11.3 Å². The first-order chi connectivity index (χ1) is 20.7. The van der Waals surface area contributed by atoms with Crippen molar-refractivity contribution < 1.29 is 0 Å². The van der Waals surface area contributed by atoms with E-state index in [0.29, 0.717) is 11.1 Å². The molecule has 0 N–H and O–H groups in total. The van der Waals surface area contributed by atoms with Crippen molar-refractivity contribution in [3.63, 3.8) is 0 Å². The maximum atomic E-state index is 9.51. The molecule has 0 aliphatic carbocycles. The molecule has 2 heterocycles. The lowest BCUT2D eigenvalue weighted by molar-refractivity contribution is 1.30. The second-order valence-electron chi connectivity index (χ2n) is 9.90. The molecule has 0 saturated carbocycles. The van der Waals surface area contributed by atoms with E-state index in [1.807, 2.05) is 41.9 Å². The van der Waals surface area contributed by atoms with E-state index in [4.69, 9.17) is 0 Å². The highest BCUT2D eigenvalue weighted by Gasteiger charge is 2.18. The lowest BCUT2D eigenvalue weighted by Crippen LogP contribution is -2.10. The average molecular weight is 555 g/mol. The van der Waals surface area contributed by atoms with Crippen LogP contribution in [0.15, 0.2) is 134 Å². The number of nitriles is 2. The van der Waals surface area contributed by atoms with E-state index in [0.717, 1.165) is 39.3 Å². The summed E-state index contributed by atoms with van der Waals surface area (Å²) in [5.74, 6) is 0. The van der Waals surface area contributed by atoms with Crippen LogP contribution in [0.2, 0.25) is 0 Å². The molecule has 0 aliphatic heterocycles. The predicted molar refractivity (Wildman–Crippen MR) is 172 cm³/mol. The molecule has 0 atom stereocenters. The van der Waals surface area contributed by atoms with Gasteiger partial charge >= 0.3 is 0 Å². The van der Waals surface area contributed by atoms with E-state index < -0.39 is 0 Å². The summed E-state index contributed by atoms with van der Waals surface area (Å²) >= 11 is 1.81. The Labute approximate surface area is 247 Å². The van der Waals surface area contributed by atoms with E-state index in [1.54, 1.807) is 12.1 Å². The molecule has 0 unspecified atom stereocenters. The van der Waals surface area contributed by atoms with Crippen molar-refractivity contribution in [1.29, 1.82) is 10.5 Å². The van der Waals surface area contributed by atoms with Gasteiger partial charge in [0.1, 0.15) is 12.1 Å². The van der Waals surface area contributed by atoms with Crippen LogP contribution in [0.1, 0.15) is 11.1 Å². The summed E-state index contributed by atoms with van der Waals surface area (Å²) < 4.78 is 2.49. The Hall–Kier alpha value is -5.75. The van der Waals surface area contributed by atoms with Crippen molar-refractivity contribution in [3.05, 3.63) is 145 Å². The molecule has 196 valence electrons. The van der Waals surface area contributed by atoms with Crippen molar-refractivity contribution in [2.24, 2.45) is 0 Å². The molecule has 7 rings (SSSR count). The van der Waals surface area contributed by atoms with Gasteiger partial charge in [-0.05, 0) is 82.9 Å². The molecule has 0 spiro atoms. The van der Waals surface area contributed by atoms with Gasteiger partial charge in [0.05, 0.1) is 21.5 Å². The van der Waals surface area contributed by atoms with E-state index in [-0.39, 0.29) is 0 Å². The van der Waals surface area contributed by atoms with Gasteiger partial charge in [0.15, 0.2) is 0 Å². The zero-order valence-electron chi connectivity index (χ0n) is 22.4. The molecule has 0 bridgehead atoms. The topological polar surface area (TPSA) is 63.7 Å². The molecular formula is C37H22N4S. The molecule has 7 aromatic rings. The number of nitrogens with zero attached hydrogens (tertiary/aromatic N) is 4. The Balaban J connectivity index is 1.36. The molecule has 0 aliphatic rings. The summed E-state index contributed by atoms with van der Waals surface area (Å²) in [5.41, 5.74) is 8.09. The molecule has 0 radical (unpaired) electrons. The predicted octanol–water partition coefficient (Wildman–Crippen LogP) is 10.00. The van der Waals surface area contributed by atoms with Gasteiger partial charge in [-0.25, -0.2) is 0 Å². The minimum absolute atomic E-state index is 0.381. The van der Waals surface area contributed by atoms with Crippen molar-refractivity contribution in [3.8, 4) is 34.4 Å². The number of aromatic nitrogens is 1. The van der Waals surface area contributed by atoms with Gasteiger partial charge in [0, 0.05) is 39.2 Å². The highest BCUT2D eigenvalue weighted by Crippen LogP contribution is 2.45. The third-order valence-electron chi connectivity index (χ3n) is 7.48. The molecule has 5 heteroatoms. The van der Waals surface area contributed by atoms with Crippen LogP contribution in [0.3, 0.4) is 0 Å². The third-order valence-corrected chi connectivity index (χ3v) is 8.69. The smallest absolute Gasteiger partial charge is 0.101 e. The monoisotopic (exact) mass is 554 g/mol. The molecule has 0 amide bonds. The van der Waals surface area contributed by atoms with Crippen LogP contribution in [0, 0.1) is 22.7 Å². The summed E-state index contributed by atoms with van der Waals surface area (Å²) in [6, 6.07) is 45.7. The third kappa shape index (κ3) is 4.45. The maximum Gasteiger partial charge on any atom is 0.101 e. The van der Waals surface area contributed by atoms with E-state index in [9.17, 15) is 10.5 Å². The Morgan fingerprint density at radius 1 is 0.548 bits per heavy atom. The van der Waals surface area contributed by atoms with Gasteiger partial charge in [-0.2, -0.15) is 10.5 Å². The number of benzene rings is 5. The fraction of sp³-hybridized carbons (Fsp3) is 0. The first-order valence-corrected chi connectivity index (χ1v) is 14.3. The summed E-state index contributed by atoms with van der Waals surface area (Å²) in [4.78, 5) is 6.46. The normalized spacial score (nSPS) is 10.8. The average Bonchev–Trinajstić information content (AvgIpc) is 3.45. The molecule has 42 heavy (non-hydrogen) atoms. The summed E-state index contributed by atoms with van der Waals surface area (Å²) in [6.45, 7) is 0. The first kappa shape index (κ1) is 25.2. The molecule has 0 saturated heterocycles. The quantitative estimate of drug-likeness (QED) is 0.212. The highest BCUT2D eigenvalue weighted by atomic mass is 32.1. The van der Waals surface area contributed by atoms with Gasteiger partial charge in [-0.3, -0.25) is 4.98 Å². The van der Waals surface area contributed by atoms with Gasteiger partial charge < -0.3 is 4.90 Å². The van der Waals surface area contributed by atoms with E-state index >= 15 is 0 Å². The number of fused-ring (bicyclic) bond motifs is 3. The Morgan fingerprint density at radius 2 is 1.14 bits per heavy atom. The van der Waals surface area contributed by atoms with Crippen molar-refractivity contribution >= 4 is 48.6 Å². The van der Waals surface area contributed by atoms with Crippen molar-refractivity contribution in [2.75, 3.05) is 4.90 Å². The van der Waals surface area contributed by atoms with Crippen LogP contribution in [-0.4, -0.2) is 4.98 Å². The summed E-state index contributed by atoms with van der Waals surface area (Å²) in [7, 11) is 0. The van der Waals surface area contributed by atoms with Crippen LogP contribution in [0.25, 0.3) is 42.4 Å². The van der Waals surface area contributed by atoms with Crippen molar-refractivity contribution in [2.45, 2.75) is 0 Å². The number of pyridine rings is 1. The Kier molecular flexibility index (Phi) is 6.41. The molecular weight excluding hydrogens is 533 g/mol. The Bertz CT molecular complexity index is 2150. The van der Waals surface area contributed by atoms with Crippen LogP contribution in [-0.2, 0) is 0 Å². The molecule has 4 nitrogen and oxygen atoms in total. The Morgan fingerprint density at radius 3 is 1.83 bits per heavy atom. The van der Waals surface area contributed by atoms with Crippen LogP contribution in [0.4, 0.5) is 17.1 Å². The maximum absolute atomic E-state index is 9.51. The van der Waals surface area contributed by atoms with Crippen LogP contribution >= 0.6 is 11.3 Å². The second kappa shape index (κ2) is 10.7. The number of thiophene rings is 1. The highest BCUT2D eigenvalue weighted by molar-refractivity contribution is 7.26. The minimum atomic E-state index is 0.381. The minimum Gasteiger partial charge on any atom is -0.309 e.